The molecule has 3 N–H and O–H groups in total. The zero-order valence-corrected chi connectivity index (χ0v) is 16.9. The standard InChI is InChI=1S/C21H25N3O3S/c1-3-5-13-22-19(25)15-9-11-17(12-10-15)23-21(28)24-20(26)16-7-6-8-18(14-16)27-4-2/h6-12,14H,3-5,13H2,1-2H3,(H,22,25)(H2,23,24,26,28). The van der Waals surface area contributed by atoms with E-state index in [4.69, 9.17) is 17.0 Å². The van der Waals surface area contributed by atoms with Crippen molar-refractivity contribution in [1.29, 1.82) is 0 Å². The lowest BCUT2D eigenvalue weighted by Crippen LogP contribution is -2.34. The Balaban J connectivity index is 1.89. The Morgan fingerprint density at radius 1 is 1.00 bits per heavy atom. The van der Waals surface area contributed by atoms with Crippen molar-refractivity contribution in [2.75, 3.05) is 18.5 Å². The van der Waals surface area contributed by atoms with E-state index in [1.165, 1.54) is 0 Å². The molecule has 0 unspecified atom stereocenters. The molecule has 7 heteroatoms. The molecule has 2 rings (SSSR count). The summed E-state index contributed by atoms with van der Waals surface area (Å²) in [5.41, 5.74) is 1.71. The first-order valence-corrected chi connectivity index (χ1v) is 9.67. The quantitative estimate of drug-likeness (QED) is 0.465. The average Bonchev–Trinajstić information content (AvgIpc) is 2.69. The number of carbonyl (C=O) groups excluding carboxylic acids is 2. The maximum absolute atomic E-state index is 12.3. The molecule has 0 saturated carbocycles. The van der Waals surface area contributed by atoms with Gasteiger partial charge in [-0.2, -0.15) is 0 Å². The predicted molar refractivity (Wildman–Crippen MR) is 115 cm³/mol. The molecule has 6 nitrogen and oxygen atoms in total. The van der Waals surface area contributed by atoms with Gasteiger partial charge in [-0.25, -0.2) is 0 Å². The van der Waals surface area contributed by atoms with Gasteiger partial charge in [-0.1, -0.05) is 19.4 Å². The number of carbonyl (C=O) groups is 2. The van der Waals surface area contributed by atoms with Crippen LogP contribution in [0.5, 0.6) is 5.75 Å². The Bertz CT molecular complexity index is 822. The topological polar surface area (TPSA) is 79.5 Å². The van der Waals surface area contributed by atoms with Gasteiger partial charge in [0.1, 0.15) is 5.75 Å². The average molecular weight is 400 g/mol. The molecule has 148 valence electrons. The van der Waals surface area contributed by atoms with Crippen molar-refractivity contribution in [2.24, 2.45) is 0 Å². The van der Waals surface area contributed by atoms with Gasteiger partial charge < -0.3 is 15.4 Å². The van der Waals surface area contributed by atoms with Crippen molar-refractivity contribution in [2.45, 2.75) is 26.7 Å². The number of hydrogen-bond acceptors (Lipinski definition) is 4. The lowest BCUT2D eigenvalue weighted by Gasteiger charge is -2.11. The van der Waals surface area contributed by atoms with Crippen molar-refractivity contribution in [3.05, 3.63) is 59.7 Å². The number of anilines is 1. The second-order valence-corrected chi connectivity index (χ2v) is 6.46. The smallest absolute Gasteiger partial charge is 0.257 e. The molecule has 0 spiro atoms. The van der Waals surface area contributed by atoms with Crippen LogP contribution in [0.1, 0.15) is 47.4 Å². The highest BCUT2D eigenvalue weighted by Gasteiger charge is 2.10. The van der Waals surface area contributed by atoms with Gasteiger partial charge in [0.05, 0.1) is 6.61 Å². The van der Waals surface area contributed by atoms with E-state index in [2.05, 4.69) is 22.9 Å². The molecule has 0 aliphatic rings. The van der Waals surface area contributed by atoms with Crippen LogP contribution >= 0.6 is 12.2 Å². The van der Waals surface area contributed by atoms with E-state index in [1.807, 2.05) is 6.92 Å². The molecule has 0 radical (unpaired) electrons. The summed E-state index contributed by atoms with van der Waals surface area (Å²) in [6.07, 6.45) is 1.98. The maximum atomic E-state index is 12.3. The lowest BCUT2D eigenvalue weighted by atomic mass is 10.2. The van der Waals surface area contributed by atoms with Crippen molar-refractivity contribution in [3.8, 4) is 5.75 Å². The Morgan fingerprint density at radius 3 is 2.43 bits per heavy atom. The van der Waals surface area contributed by atoms with Crippen molar-refractivity contribution in [3.63, 3.8) is 0 Å². The molecule has 2 aromatic carbocycles. The second kappa shape index (κ2) is 11.0. The summed E-state index contributed by atoms with van der Waals surface area (Å²) < 4.78 is 5.40. The van der Waals surface area contributed by atoms with Gasteiger partial charge in [-0.3, -0.25) is 14.9 Å². The number of nitrogens with one attached hydrogen (secondary N) is 3. The summed E-state index contributed by atoms with van der Waals surface area (Å²) in [6, 6.07) is 13.8. The first-order valence-electron chi connectivity index (χ1n) is 9.27. The van der Waals surface area contributed by atoms with Crippen molar-refractivity contribution >= 4 is 34.8 Å². The maximum Gasteiger partial charge on any atom is 0.257 e. The van der Waals surface area contributed by atoms with Gasteiger partial charge in [0, 0.05) is 23.4 Å². The molecule has 2 amide bonds. The lowest BCUT2D eigenvalue weighted by molar-refractivity contribution is 0.0950. The molecule has 0 fully saturated rings. The van der Waals surface area contributed by atoms with Gasteiger partial charge in [0.15, 0.2) is 5.11 Å². The van der Waals surface area contributed by atoms with Crippen LogP contribution in [0.4, 0.5) is 5.69 Å². The van der Waals surface area contributed by atoms with E-state index < -0.39 is 0 Å². The molecule has 28 heavy (non-hydrogen) atoms. The third-order valence-electron chi connectivity index (χ3n) is 3.86. The summed E-state index contributed by atoms with van der Waals surface area (Å²) >= 11 is 5.20. The Morgan fingerprint density at radius 2 is 1.75 bits per heavy atom. The molecule has 0 saturated heterocycles. The van der Waals surface area contributed by atoms with Crippen LogP contribution in [0.15, 0.2) is 48.5 Å². The number of amides is 2. The van der Waals surface area contributed by atoms with E-state index in [9.17, 15) is 9.59 Å². The fourth-order valence-corrected chi connectivity index (χ4v) is 2.63. The fraction of sp³-hybridized carbons (Fsp3) is 0.286. The summed E-state index contributed by atoms with van der Waals surface area (Å²) in [6.45, 7) is 5.14. The summed E-state index contributed by atoms with van der Waals surface area (Å²) in [5, 5.41) is 8.61. The van der Waals surface area contributed by atoms with E-state index >= 15 is 0 Å². The normalized spacial score (nSPS) is 10.1. The Hall–Kier alpha value is -2.93. The molecule has 0 aliphatic carbocycles. The fourth-order valence-electron chi connectivity index (χ4n) is 2.42. The SMILES string of the molecule is CCCCNC(=O)c1ccc(NC(=S)NC(=O)c2cccc(OCC)c2)cc1. The Labute approximate surface area is 170 Å². The molecular formula is C21H25N3O3S. The zero-order chi connectivity index (χ0) is 20.4. The van der Waals surface area contributed by atoms with Crippen LogP contribution < -0.4 is 20.7 Å². The van der Waals surface area contributed by atoms with Gasteiger partial charge >= 0.3 is 0 Å². The third-order valence-corrected chi connectivity index (χ3v) is 4.06. The largest absolute Gasteiger partial charge is 0.494 e. The van der Waals surface area contributed by atoms with E-state index in [-0.39, 0.29) is 16.9 Å². The highest BCUT2D eigenvalue weighted by atomic mass is 32.1. The highest BCUT2D eigenvalue weighted by molar-refractivity contribution is 7.80. The molecular weight excluding hydrogens is 374 g/mol. The summed E-state index contributed by atoms with van der Waals surface area (Å²) in [7, 11) is 0. The molecule has 0 bridgehead atoms. The van der Waals surface area contributed by atoms with Gasteiger partial charge in [-0.15, -0.1) is 0 Å². The number of benzene rings is 2. The van der Waals surface area contributed by atoms with Gasteiger partial charge in [0.2, 0.25) is 0 Å². The molecule has 2 aromatic rings. The molecule has 0 aliphatic heterocycles. The predicted octanol–water partition coefficient (Wildman–Crippen LogP) is 3.74. The number of ether oxygens (including phenoxy) is 1. The van der Waals surface area contributed by atoms with Crippen LogP contribution in [0, 0.1) is 0 Å². The number of hydrogen-bond donors (Lipinski definition) is 3. The second-order valence-electron chi connectivity index (χ2n) is 6.06. The first-order chi connectivity index (χ1) is 13.5. The summed E-state index contributed by atoms with van der Waals surface area (Å²) in [5.74, 6) is 0.192. The van der Waals surface area contributed by atoms with E-state index in [0.717, 1.165) is 12.8 Å². The minimum Gasteiger partial charge on any atom is -0.494 e. The molecule has 0 aromatic heterocycles. The Kier molecular flexibility index (Phi) is 8.42. The minimum absolute atomic E-state index is 0.106. The van der Waals surface area contributed by atoms with E-state index in [0.29, 0.717) is 35.7 Å². The monoisotopic (exact) mass is 399 g/mol. The number of rotatable bonds is 8. The van der Waals surface area contributed by atoms with Gasteiger partial charge in [-0.05, 0) is 68.0 Å². The van der Waals surface area contributed by atoms with Gasteiger partial charge in [0.25, 0.3) is 11.8 Å². The highest BCUT2D eigenvalue weighted by Crippen LogP contribution is 2.13. The zero-order valence-electron chi connectivity index (χ0n) is 16.1. The first kappa shape index (κ1) is 21.4. The number of thiocarbonyl (C=S) groups is 1. The molecule has 0 heterocycles. The van der Waals surface area contributed by atoms with Crippen LogP contribution in [0.25, 0.3) is 0 Å². The molecule has 0 atom stereocenters. The van der Waals surface area contributed by atoms with Crippen LogP contribution in [0.2, 0.25) is 0 Å². The van der Waals surface area contributed by atoms with Crippen LogP contribution in [-0.4, -0.2) is 30.1 Å². The third kappa shape index (κ3) is 6.66. The van der Waals surface area contributed by atoms with Crippen molar-refractivity contribution < 1.29 is 14.3 Å². The van der Waals surface area contributed by atoms with E-state index in [1.54, 1.807) is 48.5 Å². The summed E-state index contributed by atoms with van der Waals surface area (Å²) in [4.78, 5) is 24.3. The van der Waals surface area contributed by atoms with Crippen LogP contribution in [-0.2, 0) is 0 Å². The minimum atomic E-state index is -0.328. The van der Waals surface area contributed by atoms with Crippen LogP contribution in [0.3, 0.4) is 0 Å². The number of unbranched alkanes of at least 4 members (excludes halogenated alkanes) is 1. The van der Waals surface area contributed by atoms with Crippen molar-refractivity contribution in [1.82, 2.24) is 10.6 Å².